The maximum atomic E-state index is 13.4. The fourth-order valence-corrected chi connectivity index (χ4v) is 4.55. The van der Waals surface area contributed by atoms with Crippen LogP contribution in [-0.4, -0.2) is 22.0 Å². The van der Waals surface area contributed by atoms with Crippen LogP contribution in [0, 0.1) is 0 Å². The molecule has 0 radical (unpaired) electrons. The average molecular weight is 503 g/mol. The summed E-state index contributed by atoms with van der Waals surface area (Å²) in [6.45, 7) is 3.93. The van der Waals surface area contributed by atoms with E-state index in [1.165, 1.54) is 11.1 Å². The van der Waals surface area contributed by atoms with E-state index < -0.39 is 0 Å². The van der Waals surface area contributed by atoms with Crippen molar-refractivity contribution in [3.8, 4) is 5.75 Å². The Hall–Kier alpha value is -2.18. The van der Waals surface area contributed by atoms with Gasteiger partial charge in [0.05, 0.1) is 23.2 Å². The average Bonchev–Trinajstić information content (AvgIpc) is 2.75. The third kappa shape index (κ3) is 5.01. The van der Waals surface area contributed by atoms with Crippen LogP contribution in [0.4, 0.5) is 0 Å². The van der Waals surface area contributed by atoms with Gasteiger partial charge in [-0.05, 0) is 63.1 Å². The lowest BCUT2D eigenvalue weighted by Gasteiger charge is -2.22. The van der Waals surface area contributed by atoms with Crippen molar-refractivity contribution in [2.45, 2.75) is 58.0 Å². The molecule has 1 heterocycles. The molecule has 0 saturated heterocycles. The smallest absolute Gasteiger partial charge is 0.282 e. The summed E-state index contributed by atoms with van der Waals surface area (Å²) in [5, 5.41) is 5.72. The molecule has 162 valence electrons. The molecule has 0 spiro atoms. The summed E-state index contributed by atoms with van der Waals surface area (Å²) in [7, 11) is 0. The Morgan fingerprint density at radius 1 is 1.19 bits per heavy atom. The van der Waals surface area contributed by atoms with E-state index in [4.69, 9.17) is 21.3 Å². The molecule has 1 saturated carbocycles. The highest BCUT2D eigenvalue weighted by molar-refractivity contribution is 9.10. The normalized spacial score (nSPS) is 15.3. The van der Waals surface area contributed by atoms with Gasteiger partial charge in [-0.3, -0.25) is 4.79 Å². The molecule has 2 aromatic carbocycles. The molecule has 0 atom stereocenters. The van der Waals surface area contributed by atoms with Gasteiger partial charge in [-0.2, -0.15) is 9.78 Å². The van der Waals surface area contributed by atoms with Crippen LogP contribution >= 0.6 is 27.5 Å². The van der Waals surface area contributed by atoms with Gasteiger partial charge in [0, 0.05) is 21.0 Å². The summed E-state index contributed by atoms with van der Waals surface area (Å²) in [6.07, 6.45) is 7.19. The Balaban J connectivity index is 1.85. The van der Waals surface area contributed by atoms with Crippen LogP contribution in [0.2, 0.25) is 5.02 Å². The van der Waals surface area contributed by atoms with E-state index in [2.05, 4.69) is 21.0 Å². The van der Waals surface area contributed by atoms with Crippen molar-refractivity contribution < 1.29 is 4.74 Å². The summed E-state index contributed by atoms with van der Waals surface area (Å²) >= 11 is 9.67. The third-order valence-electron chi connectivity index (χ3n) is 5.45. The van der Waals surface area contributed by atoms with Gasteiger partial charge in [-0.25, -0.2) is 4.98 Å². The second-order valence-corrected chi connectivity index (χ2v) is 9.53. The maximum Gasteiger partial charge on any atom is 0.282 e. The van der Waals surface area contributed by atoms with Crippen LogP contribution in [0.15, 0.2) is 50.8 Å². The first-order valence-corrected chi connectivity index (χ1v) is 11.8. The molecule has 5 nitrogen and oxygen atoms in total. The minimum Gasteiger partial charge on any atom is -0.490 e. The van der Waals surface area contributed by atoms with Crippen LogP contribution in [0.1, 0.15) is 63.3 Å². The Kier molecular flexibility index (Phi) is 6.77. The Labute approximate surface area is 195 Å². The van der Waals surface area contributed by atoms with Crippen LogP contribution in [-0.2, 0) is 0 Å². The summed E-state index contributed by atoms with van der Waals surface area (Å²) in [6, 6.07) is 11.0. The zero-order valence-corrected chi connectivity index (χ0v) is 20.0. The highest BCUT2D eigenvalue weighted by atomic mass is 79.9. The first-order valence-electron chi connectivity index (χ1n) is 10.6. The van der Waals surface area contributed by atoms with Gasteiger partial charge in [-0.15, -0.1) is 0 Å². The van der Waals surface area contributed by atoms with Gasteiger partial charge in [0.1, 0.15) is 11.6 Å². The molecule has 0 N–H and O–H groups in total. The zero-order chi connectivity index (χ0) is 22.0. The van der Waals surface area contributed by atoms with E-state index >= 15 is 0 Å². The minimum atomic E-state index is -0.170. The van der Waals surface area contributed by atoms with Crippen molar-refractivity contribution in [3.05, 3.63) is 67.6 Å². The molecule has 1 fully saturated rings. The first kappa shape index (κ1) is 22.0. The van der Waals surface area contributed by atoms with E-state index in [0.29, 0.717) is 21.7 Å². The second-order valence-electron chi connectivity index (χ2n) is 8.18. The SMILES string of the molecule is CC(C)Oc1ccc(Cl)cc1C=Nn1c(C2CCCCC2)nc2ccc(Br)cc2c1=O. The number of halogens is 2. The molecule has 1 aliphatic carbocycles. The highest BCUT2D eigenvalue weighted by Gasteiger charge is 2.22. The van der Waals surface area contributed by atoms with Crippen LogP contribution in [0.25, 0.3) is 10.9 Å². The van der Waals surface area contributed by atoms with Gasteiger partial charge >= 0.3 is 0 Å². The van der Waals surface area contributed by atoms with Crippen LogP contribution in [0.5, 0.6) is 5.75 Å². The monoisotopic (exact) mass is 501 g/mol. The lowest BCUT2D eigenvalue weighted by molar-refractivity contribution is 0.242. The number of fused-ring (bicyclic) bond motifs is 1. The van der Waals surface area contributed by atoms with E-state index in [1.54, 1.807) is 24.4 Å². The summed E-state index contributed by atoms with van der Waals surface area (Å²) in [5.41, 5.74) is 1.25. The molecular formula is C24H25BrClN3O2. The molecular weight excluding hydrogens is 478 g/mol. The van der Waals surface area contributed by atoms with Gasteiger partial charge < -0.3 is 4.74 Å². The van der Waals surface area contributed by atoms with E-state index in [1.807, 2.05) is 32.0 Å². The lowest BCUT2D eigenvalue weighted by atomic mass is 9.88. The number of nitrogens with zero attached hydrogens (tertiary/aromatic N) is 3. The first-order chi connectivity index (χ1) is 14.9. The zero-order valence-electron chi connectivity index (χ0n) is 17.6. The van der Waals surface area contributed by atoms with Crippen molar-refractivity contribution in [1.29, 1.82) is 0 Å². The van der Waals surface area contributed by atoms with E-state index in [0.717, 1.165) is 41.5 Å². The largest absolute Gasteiger partial charge is 0.490 e. The van der Waals surface area contributed by atoms with Gasteiger partial charge in [-0.1, -0.05) is 46.8 Å². The molecule has 1 aromatic heterocycles. The summed E-state index contributed by atoms with van der Waals surface area (Å²) < 4.78 is 8.19. The topological polar surface area (TPSA) is 56.5 Å². The van der Waals surface area contributed by atoms with E-state index in [-0.39, 0.29) is 17.6 Å². The number of benzene rings is 2. The predicted octanol–water partition coefficient (Wildman–Crippen LogP) is 6.53. The van der Waals surface area contributed by atoms with Gasteiger partial charge in [0.15, 0.2) is 0 Å². The van der Waals surface area contributed by atoms with Crippen LogP contribution < -0.4 is 10.3 Å². The lowest BCUT2D eigenvalue weighted by Crippen LogP contribution is -2.25. The number of ether oxygens (including phenoxy) is 1. The molecule has 0 unspecified atom stereocenters. The molecule has 1 aliphatic rings. The molecule has 0 aliphatic heterocycles. The highest BCUT2D eigenvalue weighted by Crippen LogP contribution is 2.32. The molecule has 7 heteroatoms. The van der Waals surface area contributed by atoms with E-state index in [9.17, 15) is 4.79 Å². The Bertz CT molecular complexity index is 1180. The fraction of sp³-hybridized carbons (Fsp3) is 0.375. The van der Waals surface area contributed by atoms with Crippen molar-refractivity contribution in [2.75, 3.05) is 0 Å². The Morgan fingerprint density at radius 3 is 2.71 bits per heavy atom. The molecule has 4 rings (SSSR count). The minimum absolute atomic E-state index is 0.00790. The standard InChI is InChI=1S/C24H25BrClN3O2/c1-15(2)31-22-11-9-19(26)12-17(22)14-27-29-23(16-6-4-3-5-7-16)28-21-10-8-18(25)13-20(21)24(29)30/h8-16H,3-7H2,1-2H3. The number of aromatic nitrogens is 2. The van der Waals surface area contributed by atoms with Gasteiger partial charge in [0.2, 0.25) is 0 Å². The van der Waals surface area contributed by atoms with Crippen molar-refractivity contribution in [1.82, 2.24) is 9.66 Å². The summed E-state index contributed by atoms with van der Waals surface area (Å²) in [5.74, 6) is 1.62. The van der Waals surface area contributed by atoms with Crippen molar-refractivity contribution >= 4 is 44.6 Å². The maximum absolute atomic E-state index is 13.4. The second kappa shape index (κ2) is 9.53. The molecule has 3 aromatic rings. The summed E-state index contributed by atoms with van der Waals surface area (Å²) in [4.78, 5) is 18.3. The van der Waals surface area contributed by atoms with Crippen LogP contribution in [0.3, 0.4) is 0 Å². The number of rotatable bonds is 5. The van der Waals surface area contributed by atoms with Gasteiger partial charge in [0.25, 0.3) is 5.56 Å². The Morgan fingerprint density at radius 2 is 1.97 bits per heavy atom. The number of hydrogen-bond acceptors (Lipinski definition) is 4. The number of hydrogen-bond donors (Lipinski definition) is 0. The fourth-order valence-electron chi connectivity index (χ4n) is 4.00. The quantitative estimate of drug-likeness (QED) is 0.373. The van der Waals surface area contributed by atoms with Crippen molar-refractivity contribution in [3.63, 3.8) is 0 Å². The third-order valence-corrected chi connectivity index (χ3v) is 6.18. The predicted molar refractivity (Wildman–Crippen MR) is 130 cm³/mol. The molecule has 0 amide bonds. The molecule has 0 bridgehead atoms. The molecule has 31 heavy (non-hydrogen) atoms. The van der Waals surface area contributed by atoms with Crippen molar-refractivity contribution in [2.24, 2.45) is 5.10 Å².